The molecule has 39 heavy (non-hydrogen) atoms. The van der Waals surface area contributed by atoms with Crippen LogP contribution in [0, 0.1) is 0 Å². The van der Waals surface area contributed by atoms with Crippen molar-refractivity contribution >= 4 is 68.3 Å². The second-order valence-electron chi connectivity index (χ2n) is 8.31. The Morgan fingerprint density at radius 3 is 2.36 bits per heavy atom. The van der Waals surface area contributed by atoms with Crippen molar-refractivity contribution in [2.24, 2.45) is 5.10 Å². The number of halogens is 3. The highest BCUT2D eigenvalue weighted by Crippen LogP contribution is 2.24. The minimum atomic E-state index is -0.576. The van der Waals surface area contributed by atoms with E-state index < -0.39 is 5.97 Å². The Hall–Kier alpha value is -4.04. The van der Waals surface area contributed by atoms with Crippen molar-refractivity contribution < 1.29 is 9.53 Å². The molecule has 0 fully saturated rings. The summed E-state index contributed by atoms with van der Waals surface area (Å²) in [5.74, 6) is 0.0296. The van der Waals surface area contributed by atoms with E-state index in [1.165, 1.54) is 17.0 Å². The van der Waals surface area contributed by atoms with E-state index in [-0.39, 0.29) is 11.3 Å². The highest BCUT2D eigenvalue weighted by Gasteiger charge is 2.13. The minimum absolute atomic E-state index is 0.266. The summed E-state index contributed by atoms with van der Waals surface area (Å²) in [5, 5.41) is 6.06. The number of hydrogen-bond acceptors (Lipinski definition) is 5. The third kappa shape index (κ3) is 6.34. The maximum Gasteiger partial charge on any atom is 0.336 e. The van der Waals surface area contributed by atoms with Crippen LogP contribution >= 0.6 is 39.1 Å². The van der Waals surface area contributed by atoms with Crippen molar-refractivity contribution in [2.75, 3.05) is 0 Å². The van der Waals surface area contributed by atoms with Crippen molar-refractivity contribution in [2.45, 2.75) is 0 Å². The van der Waals surface area contributed by atoms with Gasteiger partial charge < -0.3 is 4.74 Å². The highest BCUT2D eigenvalue weighted by atomic mass is 79.9. The molecule has 5 rings (SSSR count). The van der Waals surface area contributed by atoms with E-state index in [1.807, 2.05) is 6.07 Å². The number of hydrogen-bond donors (Lipinski definition) is 0. The number of nitrogens with zero attached hydrogens (tertiary/aromatic N) is 3. The van der Waals surface area contributed by atoms with Gasteiger partial charge in [0.15, 0.2) is 5.82 Å². The molecule has 0 aliphatic rings. The van der Waals surface area contributed by atoms with Crippen molar-refractivity contribution in [1.82, 2.24) is 9.66 Å². The zero-order valence-corrected chi connectivity index (χ0v) is 23.2. The first-order valence-corrected chi connectivity index (χ1v) is 13.2. The number of carbonyl (C=O) groups excluding carboxylic acids is 1. The van der Waals surface area contributed by atoms with Crippen LogP contribution in [0.3, 0.4) is 0 Å². The molecular formula is C30H18BrCl2N3O3. The first kappa shape index (κ1) is 26.6. The highest BCUT2D eigenvalue weighted by molar-refractivity contribution is 9.10. The van der Waals surface area contributed by atoms with Crippen molar-refractivity contribution in [3.05, 3.63) is 133 Å². The van der Waals surface area contributed by atoms with E-state index in [0.717, 1.165) is 10.0 Å². The molecule has 0 unspecified atom stereocenters. The molecule has 0 N–H and O–H groups in total. The fourth-order valence-corrected chi connectivity index (χ4v) is 4.36. The van der Waals surface area contributed by atoms with Crippen LogP contribution < -0.4 is 10.3 Å². The van der Waals surface area contributed by atoms with Gasteiger partial charge in [0.1, 0.15) is 5.75 Å². The van der Waals surface area contributed by atoms with Crippen molar-refractivity contribution in [3.63, 3.8) is 0 Å². The molecule has 0 saturated heterocycles. The van der Waals surface area contributed by atoms with E-state index in [9.17, 15) is 9.59 Å². The second kappa shape index (κ2) is 11.8. The van der Waals surface area contributed by atoms with Crippen LogP contribution in [0.1, 0.15) is 11.1 Å². The standard InChI is InChI=1S/C30H18BrCl2N3O3/c31-22-10-15-27(39-28(37)16-7-19-5-11-23(32)12-6-19)21(17-22)18-34-36-29(20-8-13-24(33)14-9-20)35-26-4-2-1-3-25(26)30(36)38/h1-18H/b16-7+,34-18?. The van der Waals surface area contributed by atoms with Gasteiger partial charge in [0.2, 0.25) is 0 Å². The third-order valence-corrected chi connectivity index (χ3v) is 6.63. The maximum atomic E-state index is 13.5. The molecule has 0 bridgehead atoms. The van der Waals surface area contributed by atoms with Gasteiger partial charge >= 0.3 is 5.97 Å². The predicted octanol–water partition coefficient (Wildman–Crippen LogP) is 7.63. The number of benzene rings is 4. The minimum Gasteiger partial charge on any atom is -0.423 e. The van der Waals surface area contributed by atoms with Gasteiger partial charge in [0.05, 0.1) is 17.1 Å². The molecule has 192 valence electrons. The van der Waals surface area contributed by atoms with E-state index in [0.29, 0.717) is 37.9 Å². The summed E-state index contributed by atoms with van der Waals surface area (Å²) in [6.45, 7) is 0. The lowest BCUT2D eigenvalue weighted by molar-refractivity contribution is -0.128. The average molecular weight is 619 g/mol. The molecule has 9 heteroatoms. The lowest BCUT2D eigenvalue weighted by atomic mass is 10.2. The normalized spacial score (nSPS) is 11.5. The van der Waals surface area contributed by atoms with E-state index in [1.54, 1.807) is 91.0 Å². The van der Waals surface area contributed by atoms with Crippen LogP contribution in [0.2, 0.25) is 10.0 Å². The molecule has 1 heterocycles. The lowest BCUT2D eigenvalue weighted by Crippen LogP contribution is -2.20. The Kier molecular flexibility index (Phi) is 8.02. The van der Waals surface area contributed by atoms with E-state index in [4.69, 9.17) is 27.9 Å². The Labute approximate surface area is 241 Å². The Bertz CT molecular complexity index is 1800. The zero-order chi connectivity index (χ0) is 27.4. The second-order valence-corrected chi connectivity index (χ2v) is 10.1. The summed E-state index contributed by atoms with van der Waals surface area (Å²) < 4.78 is 7.54. The summed E-state index contributed by atoms with van der Waals surface area (Å²) >= 11 is 15.4. The number of para-hydroxylation sites is 1. The molecule has 0 amide bonds. The largest absolute Gasteiger partial charge is 0.423 e. The smallest absolute Gasteiger partial charge is 0.336 e. The predicted molar refractivity (Wildman–Crippen MR) is 160 cm³/mol. The molecule has 0 aliphatic carbocycles. The number of aromatic nitrogens is 2. The van der Waals surface area contributed by atoms with Gasteiger partial charge in [0, 0.05) is 31.7 Å². The van der Waals surface area contributed by atoms with Gasteiger partial charge in [-0.1, -0.05) is 63.4 Å². The van der Waals surface area contributed by atoms with Crippen LogP contribution in [-0.4, -0.2) is 21.8 Å². The summed E-state index contributed by atoms with van der Waals surface area (Å²) in [6, 6.07) is 26.2. The molecule has 0 aliphatic heterocycles. The molecular weight excluding hydrogens is 601 g/mol. The van der Waals surface area contributed by atoms with Gasteiger partial charge in [-0.25, -0.2) is 9.78 Å². The number of fused-ring (bicyclic) bond motifs is 1. The van der Waals surface area contributed by atoms with Gasteiger partial charge in [-0.05, 0) is 78.4 Å². The topological polar surface area (TPSA) is 73.5 Å². The first-order valence-electron chi connectivity index (χ1n) is 11.6. The Morgan fingerprint density at radius 2 is 1.62 bits per heavy atom. The summed E-state index contributed by atoms with van der Waals surface area (Å²) in [4.78, 5) is 30.7. The molecule has 5 aromatic rings. The maximum absolute atomic E-state index is 13.5. The summed E-state index contributed by atoms with van der Waals surface area (Å²) in [6.07, 6.45) is 4.40. The average Bonchev–Trinajstić information content (AvgIpc) is 2.94. The molecule has 1 aromatic heterocycles. The number of ether oxygens (including phenoxy) is 1. The van der Waals surface area contributed by atoms with Gasteiger partial charge in [-0.15, -0.1) is 0 Å². The Morgan fingerprint density at radius 1 is 0.923 bits per heavy atom. The van der Waals surface area contributed by atoms with Crippen LogP contribution in [0.4, 0.5) is 0 Å². The molecule has 0 radical (unpaired) electrons. The fourth-order valence-electron chi connectivity index (χ4n) is 3.73. The number of rotatable bonds is 6. The van der Waals surface area contributed by atoms with Gasteiger partial charge in [-0.3, -0.25) is 4.79 Å². The van der Waals surface area contributed by atoms with Crippen molar-refractivity contribution in [3.8, 4) is 17.1 Å². The lowest BCUT2D eigenvalue weighted by Gasteiger charge is -2.10. The molecule has 4 aromatic carbocycles. The molecule has 6 nitrogen and oxygen atoms in total. The van der Waals surface area contributed by atoms with Crippen molar-refractivity contribution in [1.29, 1.82) is 0 Å². The van der Waals surface area contributed by atoms with E-state index >= 15 is 0 Å². The molecule has 0 saturated carbocycles. The third-order valence-electron chi connectivity index (χ3n) is 5.63. The van der Waals surface area contributed by atoms with E-state index in [2.05, 4.69) is 26.0 Å². The monoisotopic (exact) mass is 617 g/mol. The number of carbonyl (C=O) groups is 1. The first-order chi connectivity index (χ1) is 18.9. The SMILES string of the molecule is O=C(/C=C/c1ccc(Cl)cc1)Oc1ccc(Br)cc1C=Nn1c(-c2ccc(Cl)cc2)nc2ccccc2c1=O. The molecule has 0 atom stereocenters. The summed E-state index contributed by atoms with van der Waals surface area (Å²) in [7, 11) is 0. The zero-order valence-electron chi connectivity index (χ0n) is 20.1. The molecule has 0 spiro atoms. The number of esters is 1. The van der Waals surface area contributed by atoms with Crippen LogP contribution in [0.25, 0.3) is 28.4 Å². The van der Waals surface area contributed by atoms with Gasteiger partial charge in [-0.2, -0.15) is 9.78 Å². The summed E-state index contributed by atoms with van der Waals surface area (Å²) in [5.41, 5.74) is 2.13. The van der Waals surface area contributed by atoms with Gasteiger partial charge in [0.25, 0.3) is 5.56 Å². The van der Waals surface area contributed by atoms with Crippen LogP contribution in [-0.2, 0) is 4.79 Å². The van der Waals surface area contributed by atoms with Crippen LogP contribution in [0.15, 0.2) is 111 Å². The Balaban J connectivity index is 1.51. The van der Waals surface area contributed by atoms with Crippen LogP contribution in [0.5, 0.6) is 5.75 Å². The fraction of sp³-hybridized carbons (Fsp3) is 0. The quantitative estimate of drug-likeness (QED) is 0.0848.